The first-order valence-corrected chi connectivity index (χ1v) is 7.23. The van der Waals surface area contributed by atoms with Gasteiger partial charge in [0.25, 0.3) is 10.0 Å². The van der Waals surface area contributed by atoms with Crippen molar-refractivity contribution in [1.82, 2.24) is 19.2 Å². The summed E-state index contributed by atoms with van der Waals surface area (Å²) < 4.78 is 28.1. The molecule has 0 radical (unpaired) electrons. The fourth-order valence-electron chi connectivity index (χ4n) is 2.75. The fourth-order valence-corrected chi connectivity index (χ4v) is 4.42. The highest BCUT2D eigenvalue weighted by atomic mass is 32.2. The standard InChI is InChI=1S/C10H16N4O2S/c1-13-6-10(12-7-13)17(15,16)14-3-2-8-4-11-5-9(8)14/h6-9,11H,2-5H2,1H3/t8-,9+/m0/s1. The molecule has 1 aromatic rings. The second-order valence-corrected chi connectivity index (χ2v) is 6.60. The highest BCUT2D eigenvalue weighted by Gasteiger charge is 2.44. The summed E-state index contributed by atoms with van der Waals surface area (Å²) in [7, 11) is -1.64. The van der Waals surface area contributed by atoms with Crippen LogP contribution in [0.3, 0.4) is 0 Å². The molecule has 2 fully saturated rings. The molecule has 0 aromatic carbocycles. The monoisotopic (exact) mass is 256 g/mol. The van der Waals surface area contributed by atoms with E-state index in [1.807, 2.05) is 0 Å². The van der Waals surface area contributed by atoms with Crippen molar-refractivity contribution in [3.63, 3.8) is 0 Å². The van der Waals surface area contributed by atoms with Gasteiger partial charge < -0.3 is 9.88 Å². The Morgan fingerprint density at radius 3 is 3.00 bits per heavy atom. The van der Waals surface area contributed by atoms with Crippen molar-refractivity contribution >= 4 is 10.0 Å². The Morgan fingerprint density at radius 2 is 2.29 bits per heavy atom. The highest BCUT2D eigenvalue weighted by Crippen LogP contribution is 2.31. The van der Waals surface area contributed by atoms with Crippen molar-refractivity contribution in [2.45, 2.75) is 17.5 Å². The van der Waals surface area contributed by atoms with Gasteiger partial charge in [0.05, 0.1) is 6.33 Å². The maximum absolute atomic E-state index is 12.4. The van der Waals surface area contributed by atoms with Gasteiger partial charge in [-0.2, -0.15) is 4.31 Å². The molecule has 0 saturated carbocycles. The summed E-state index contributed by atoms with van der Waals surface area (Å²) >= 11 is 0. The molecule has 0 bridgehead atoms. The lowest BCUT2D eigenvalue weighted by atomic mass is 10.1. The molecule has 94 valence electrons. The van der Waals surface area contributed by atoms with E-state index >= 15 is 0 Å². The van der Waals surface area contributed by atoms with Gasteiger partial charge in [-0.15, -0.1) is 0 Å². The van der Waals surface area contributed by atoms with E-state index in [0.717, 1.165) is 19.5 Å². The summed E-state index contributed by atoms with van der Waals surface area (Å²) in [5, 5.41) is 3.41. The molecule has 2 saturated heterocycles. The molecule has 17 heavy (non-hydrogen) atoms. The van der Waals surface area contributed by atoms with Gasteiger partial charge in [-0.3, -0.25) is 0 Å². The molecule has 1 aromatic heterocycles. The van der Waals surface area contributed by atoms with E-state index in [1.165, 1.54) is 6.33 Å². The van der Waals surface area contributed by atoms with Crippen molar-refractivity contribution in [3.8, 4) is 0 Å². The topological polar surface area (TPSA) is 67.2 Å². The van der Waals surface area contributed by atoms with Crippen LogP contribution in [-0.4, -0.2) is 48.0 Å². The van der Waals surface area contributed by atoms with Gasteiger partial charge in [0, 0.05) is 32.4 Å². The average Bonchev–Trinajstić information content (AvgIpc) is 2.89. The minimum Gasteiger partial charge on any atom is -0.339 e. The van der Waals surface area contributed by atoms with E-state index in [1.54, 1.807) is 22.1 Å². The average molecular weight is 256 g/mol. The van der Waals surface area contributed by atoms with E-state index in [4.69, 9.17) is 0 Å². The van der Waals surface area contributed by atoms with Crippen LogP contribution in [0.2, 0.25) is 0 Å². The van der Waals surface area contributed by atoms with Crippen LogP contribution in [0.1, 0.15) is 6.42 Å². The largest absolute Gasteiger partial charge is 0.339 e. The lowest BCUT2D eigenvalue weighted by molar-refractivity contribution is 0.381. The summed E-state index contributed by atoms with van der Waals surface area (Å²) in [6.45, 7) is 2.31. The van der Waals surface area contributed by atoms with Crippen molar-refractivity contribution < 1.29 is 8.42 Å². The first-order valence-electron chi connectivity index (χ1n) is 5.79. The van der Waals surface area contributed by atoms with E-state index in [9.17, 15) is 8.42 Å². The van der Waals surface area contributed by atoms with E-state index in [-0.39, 0.29) is 11.1 Å². The Hall–Kier alpha value is -0.920. The number of aryl methyl sites for hydroxylation is 1. The van der Waals surface area contributed by atoms with Gasteiger partial charge in [0.2, 0.25) is 0 Å². The molecule has 0 unspecified atom stereocenters. The van der Waals surface area contributed by atoms with Crippen LogP contribution in [0.25, 0.3) is 0 Å². The number of nitrogens with one attached hydrogen (secondary N) is 1. The molecule has 0 amide bonds. The van der Waals surface area contributed by atoms with Crippen molar-refractivity contribution in [2.24, 2.45) is 13.0 Å². The first kappa shape index (κ1) is 11.2. The Balaban J connectivity index is 1.93. The van der Waals surface area contributed by atoms with Crippen LogP contribution in [0.4, 0.5) is 0 Å². The van der Waals surface area contributed by atoms with Crippen molar-refractivity contribution in [3.05, 3.63) is 12.5 Å². The minimum absolute atomic E-state index is 0.113. The maximum Gasteiger partial charge on any atom is 0.262 e. The Kier molecular flexibility index (Phi) is 2.49. The SMILES string of the molecule is Cn1cnc(S(=O)(=O)N2CC[C@H]3CNC[C@H]32)c1. The van der Waals surface area contributed by atoms with E-state index in [2.05, 4.69) is 10.3 Å². The summed E-state index contributed by atoms with van der Waals surface area (Å²) in [4.78, 5) is 3.96. The second kappa shape index (κ2) is 3.79. The van der Waals surface area contributed by atoms with Gasteiger partial charge in [-0.05, 0) is 18.9 Å². The zero-order chi connectivity index (χ0) is 12.0. The summed E-state index contributed by atoms with van der Waals surface area (Å²) in [6, 6.07) is 0.113. The van der Waals surface area contributed by atoms with Crippen LogP contribution < -0.4 is 5.32 Å². The molecule has 2 atom stereocenters. The maximum atomic E-state index is 12.4. The molecule has 7 heteroatoms. The molecule has 0 spiro atoms. The van der Waals surface area contributed by atoms with Gasteiger partial charge >= 0.3 is 0 Å². The number of aromatic nitrogens is 2. The van der Waals surface area contributed by atoms with Crippen LogP contribution in [0, 0.1) is 5.92 Å². The molecule has 3 rings (SSSR count). The van der Waals surface area contributed by atoms with Crippen LogP contribution in [0.15, 0.2) is 17.6 Å². The van der Waals surface area contributed by atoms with Gasteiger partial charge in [-0.1, -0.05) is 0 Å². The number of imidazole rings is 1. The molecule has 2 aliphatic heterocycles. The summed E-state index contributed by atoms with van der Waals surface area (Å²) in [5.74, 6) is 0.466. The number of hydrogen-bond acceptors (Lipinski definition) is 4. The highest BCUT2D eigenvalue weighted by molar-refractivity contribution is 7.89. The third-order valence-corrected chi connectivity index (χ3v) is 5.46. The zero-order valence-electron chi connectivity index (χ0n) is 9.70. The first-order chi connectivity index (χ1) is 8.09. The zero-order valence-corrected chi connectivity index (χ0v) is 10.5. The smallest absolute Gasteiger partial charge is 0.262 e. The number of sulfonamides is 1. The second-order valence-electron chi connectivity index (χ2n) is 4.77. The molecule has 3 heterocycles. The normalized spacial score (nSPS) is 29.7. The fraction of sp³-hybridized carbons (Fsp3) is 0.700. The van der Waals surface area contributed by atoms with Crippen LogP contribution >= 0.6 is 0 Å². The molecular weight excluding hydrogens is 240 g/mol. The molecule has 0 aliphatic carbocycles. The number of nitrogens with zero attached hydrogens (tertiary/aromatic N) is 3. The molecule has 1 N–H and O–H groups in total. The third kappa shape index (κ3) is 1.69. The Morgan fingerprint density at radius 1 is 1.47 bits per heavy atom. The lowest BCUT2D eigenvalue weighted by Gasteiger charge is -2.21. The number of hydrogen-bond donors (Lipinski definition) is 1. The number of rotatable bonds is 2. The number of fused-ring (bicyclic) bond motifs is 1. The summed E-state index contributed by atoms with van der Waals surface area (Å²) in [5.41, 5.74) is 0. The van der Waals surface area contributed by atoms with Crippen LogP contribution in [-0.2, 0) is 17.1 Å². The van der Waals surface area contributed by atoms with Crippen molar-refractivity contribution in [2.75, 3.05) is 19.6 Å². The Bertz CT molecular complexity index is 524. The van der Waals surface area contributed by atoms with Gasteiger partial charge in [0.15, 0.2) is 5.03 Å². The van der Waals surface area contributed by atoms with Crippen LogP contribution in [0.5, 0.6) is 0 Å². The predicted molar refractivity (Wildman–Crippen MR) is 61.9 cm³/mol. The van der Waals surface area contributed by atoms with E-state index in [0.29, 0.717) is 12.5 Å². The molecule has 2 aliphatic rings. The van der Waals surface area contributed by atoms with E-state index < -0.39 is 10.0 Å². The third-order valence-electron chi connectivity index (χ3n) is 3.65. The molecular formula is C10H16N4O2S. The van der Waals surface area contributed by atoms with Gasteiger partial charge in [0.1, 0.15) is 0 Å². The molecule has 6 nitrogen and oxygen atoms in total. The quantitative estimate of drug-likeness (QED) is 0.767. The summed E-state index contributed by atoms with van der Waals surface area (Å²) in [6.07, 6.45) is 4.03. The minimum atomic E-state index is -3.41. The van der Waals surface area contributed by atoms with Gasteiger partial charge in [-0.25, -0.2) is 13.4 Å². The Labute approximate surface area is 101 Å². The lowest BCUT2D eigenvalue weighted by Crippen LogP contribution is -2.39. The predicted octanol–water partition coefficient (Wildman–Crippen LogP) is -0.597. The van der Waals surface area contributed by atoms with Crippen molar-refractivity contribution in [1.29, 1.82) is 0 Å².